The molecule has 0 aliphatic heterocycles. The van der Waals surface area contributed by atoms with Crippen LogP contribution in [0.1, 0.15) is 25.0 Å². The van der Waals surface area contributed by atoms with E-state index in [1.165, 1.54) is 87.2 Å². The van der Waals surface area contributed by atoms with Gasteiger partial charge in [0.1, 0.15) is 11.2 Å². The molecule has 0 saturated carbocycles. The van der Waals surface area contributed by atoms with Crippen LogP contribution in [0.5, 0.6) is 0 Å². The van der Waals surface area contributed by atoms with E-state index in [-0.39, 0.29) is 5.41 Å². The first-order chi connectivity index (χ1) is 21.6. The van der Waals surface area contributed by atoms with Crippen molar-refractivity contribution in [1.29, 1.82) is 0 Å². The van der Waals surface area contributed by atoms with Crippen LogP contribution < -0.4 is 0 Å². The first-order valence-corrected chi connectivity index (χ1v) is 15.4. The summed E-state index contributed by atoms with van der Waals surface area (Å²) >= 11 is 0. The minimum Gasteiger partial charge on any atom is -0.455 e. The highest BCUT2D eigenvalue weighted by atomic mass is 16.3. The van der Waals surface area contributed by atoms with Gasteiger partial charge in [-0.1, -0.05) is 117 Å². The molecule has 1 aliphatic rings. The Labute approximate surface area is 255 Å². The van der Waals surface area contributed by atoms with Crippen LogP contribution in [0.3, 0.4) is 0 Å². The SMILES string of the molecule is CC1(C)c2ccccc2-c2ccc(-c3ccc4c(c3)c3ccccc3c3ccc5c6cc7ccccc7cc6oc5c34)cc21. The van der Waals surface area contributed by atoms with Crippen molar-refractivity contribution in [3.63, 3.8) is 0 Å². The van der Waals surface area contributed by atoms with Crippen molar-refractivity contribution < 1.29 is 4.42 Å². The summed E-state index contributed by atoms with van der Waals surface area (Å²) in [5, 5.41) is 12.2. The highest BCUT2D eigenvalue weighted by molar-refractivity contribution is 6.32. The topological polar surface area (TPSA) is 13.1 Å². The van der Waals surface area contributed by atoms with Crippen molar-refractivity contribution in [2.45, 2.75) is 19.3 Å². The Morgan fingerprint density at radius 3 is 1.91 bits per heavy atom. The van der Waals surface area contributed by atoms with Gasteiger partial charge in [-0.2, -0.15) is 0 Å². The maximum absolute atomic E-state index is 6.75. The molecule has 10 rings (SSSR count). The zero-order valence-corrected chi connectivity index (χ0v) is 24.6. The Hall–Kier alpha value is -5.40. The van der Waals surface area contributed by atoms with Crippen LogP contribution >= 0.6 is 0 Å². The third-order valence-corrected chi connectivity index (χ3v) is 10.2. The molecule has 206 valence electrons. The fourth-order valence-corrected chi connectivity index (χ4v) is 8.02. The maximum Gasteiger partial charge on any atom is 0.143 e. The summed E-state index contributed by atoms with van der Waals surface area (Å²) in [7, 11) is 0. The van der Waals surface area contributed by atoms with Gasteiger partial charge in [-0.25, -0.2) is 0 Å². The van der Waals surface area contributed by atoms with Gasteiger partial charge >= 0.3 is 0 Å². The van der Waals surface area contributed by atoms with Gasteiger partial charge in [0.2, 0.25) is 0 Å². The number of furan rings is 1. The fourth-order valence-electron chi connectivity index (χ4n) is 8.02. The molecule has 0 atom stereocenters. The first kappa shape index (κ1) is 24.1. The number of hydrogen-bond acceptors (Lipinski definition) is 1. The minimum atomic E-state index is -0.0284. The molecule has 0 saturated heterocycles. The van der Waals surface area contributed by atoms with Crippen LogP contribution in [0.25, 0.3) is 87.3 Å². The normalized spacial score (nSPS) is 13.9. The maximum atomic E-state index is 6.75. The molecule has 44 heavy (non-hydrogen) atoms. The van der Waals surface area contributed by atoms with Crippen LogP contribution in [-0.4, -0.2) is 0 Å². The van der Waals surface area contributed by atoms with Crippen molar-refractivity contribution in [3.05, 3.63) is 145 Å². The van der Waals surface area contributed by atoms with Crippen molar-refractivity contribution in [3.8, 4) is 22.3 Å². The molecule has 1 nitrogen and oxygen atoms in total. The van der Waals surface area contributed by atoms with Crippen molar-refractivity contribution in [2.24, 2.45) is 0 Å². The van der Waals surface area contributed by atoms with Gasteiger partial charge < -0.3 is 4.42 Å². The second kappa shape index (κ2) is 8.36. The molecule has 0 spiro atoms. The lowest BCUT2D eigenvalue weighted by atomic mass is 9.81. The summed E-state index contributed by atoms with van der Waals surface area (Å²) in [6.07, 6.45) is 0. The third-order valence-electron chi connectivity index (χ3n) is 10.2. The summed E-state index contributed by atoms with van der Waals surface area (Å²) in [6.45, 7) is 4.70. The second-order valence-electron chi connectivity index (χ2n) is 12.9. The average Bonchev–Trinajstić information content (AvgIpc) is 3.54. The molecule has 1 heterocycles. The highest BCUT2D eigenvalue weighted by Gasteiger charge is 2.35. The molecular weight excluding hydrogens is 532 g/mol. The van der Waals surface area contributed by atoms with Crippen LogP contribution in [0.2, 0.25) is 0 Å². The second-order valence-corrected chi connectivity index (χ2v) is 12.9. The standard InChI is InChI=1S/C43H28O/c1-43(2)38-14-8-7-13-31(38)32-17-15-28(23-39(32)43)27-16-18-34-36(21-27)30-12-6-5-11-29(30)33-19-20-35-37-22-25-9-3-4-10-26(25)24-40(37)44-42(35)41(33)34/h3-24H,1-2H3. The largest absolute Gasteiger partial charge is 0.455 e. The highest BCUT2D eigenvalue weighted by Crippen LogP contribution is 2.50. The predicted octanol–water partition coefficient (Wildman–Crippen LogP) is 12.2. The summed E-state index contributed by atoms with van der Waals surface area (Å²) in [4.78, 5) is 0. The van der Waals surface area contributed by atoms with E-state index in [4.69, 9.17) is 4.42 Å². The molecule has 9 aromatic rings. The number of fused-ring (bicyclic) bond motifs is 14. The molecule has 0 amide bonds. The van der Waals surface area contributed by atoms with E-state index in [1.807, 2.05) is 0 Å². The van der Waals surface area contributed by atoms with Crippen LogP contribution in [0.15, 0.2) is 138 Å². The van der Waals surface area contributed by atoms with Gasteiger partial charge in [0.05, 0.1) is 0 Å². The molecule has 1 aromatic heterocycles. The molecule has 0 radical (unpaired) electrons. The van der Waals surface area contributed by atoms with Gasteiger partial charge in [-0.05, 0) is 101 Å². The van der Waals surface area contributed by atoms with Gasteiger partial charge in [-0.3, -0.25) is 0 Å². The fraction of sp³-hybridized carbons (Fsp3) is 0.0698. The molecule has 1 aliphatic carbocycles. The smallest absolute Gasteiger partial charge is 0.143 e. The van der Waals surface area contributed by atoms with Gasteiger partial charge in [-0.15, -0.1) is 0 Å². The first-order valence-electron chi connectivity index (χ1n) is 15.4. The zero-order chi connectivity index (χ0) is 29.2. The van der Waals surface area contributed by atoms with Crippen LogP contribution in [0, 0.1) is 0 Å². The summed E-state index contributed by atoms with van der Waals surface area (Å²) in [5.41, 5.74) is 9.88. The molecule has 0 N–H and O–H groups in total. The van der Waals surface area contributed by atoms with Crippen LogP contribution in [-0.2, 0) is 5.41 Å². The Balaban J connectivity index is 1.26. The lowest BCUT2D eigenvalue weighted by Crippen LogP contribution is -2.14. The van der Waals surface area contributed by atoms with E-state index in [0.717, 1.165) is 11.2 Å². The van der Waals surface area contributed by atoms with Crippen LogP contribution in [0.4, 0.5) is 0 Å². The third kappa shape index (κ3) is 3.09. The molecule has 8 aromatic carbocycles. The Morgan fingerprint density at radius 2 is 1.05 bits per heavy atom. The lowest BCUT2D eigenvalue weighted by Gasteiger charge is -2.22. The summed E-state index contributed by atoms with van der Waals surface area (Å²) in [5.74, 6) is 0. The van der Waals surface area contributed by atoms with E-state index in [1.54, 1.807) is 0 Å². The van der Waals surface area contributed by atoms with Crippen molar-refractivity contribution >= 4 is 65.0 Å². The van der Waals surface area contributed by atoms with Gasteiger partial charge in [0.25, 0.3) is 0 Å². The molecule has 0 unspecified atom stereocenters. The van der Waals surface area contributed by atoms with Crippen molar-refractivity contribution in [2.75, 3.05) is 0 Å². The molecular formula is C43H28O. The Bertz CT molecular complexity index is 2680. The Kier molecular flexibility index (Phi) is 4.58. The lowest BCUT2D eigenvalue weighted by molar-refractivity contribution is 0.660. The van der Waals surface area contributed by atoms with E-state index in [0.29, 0.717) is 0 Å². The van der Waals surface area contributed by atoms with Gasteiger partial charge in [0, 0.05) is 21.6 Å². The number of benzene rings is 8. The van der Waals surface area contributed by atoms with E-state index < -0.39 is 0 Å². The molecule has 1 heteroatoms. The van der Waals surface area contributed by atoms with E-state index in [9.17, 15) is 0 Å². The number of hydrogen-bond donors (Lipinski definition) is 0. The summed E-state index contributed by atoms with van der Waals surface area (Å²) < 4.78 is 6.75. The quantitative estimate of drug-likeness (QED) is 0.182. The molecule has 0 fully saturated rings. The van der Waals surface area contributed by atoms with Crippen molar-refractivity contribution in [1.82, 2.24) is 0 Å². The Morgan fingerprint density at radius 1 is 0.432 bits per heavy atom. The average molecular weight is 561 g/mol. The molecule has 0 bridgehead atoms. The van der Waals surface area contributed by atoms with E-state index in [2.05, 4.69) is 147 Å². The zero-order valence-electron chi connectivity index (χ0n) is 24.6. The predicted molar refractivity (Wildman–Crippen MR) is 187 cm³/mol. The minimum absolute atomic E-state index is 0.0284. The van der Waals surface area contributed by atoms with E-state index >= 15 is 0 Å². The van der Waals surface area contributed by atoms with Gasteiger partial charge in [0.15, 0.2) is 0 Å². The summed E-state index contributed by atoms with van der Waals surface area (Å²) in [6, 6.07) is 49.2. The monoisotopic (exact) mass is 560 g/mol. The number of rotatable bonds is 1.